The minimum absolute atomic E-state index is 0.0116. The first kappa shape index (κ1) is 24.0. The molecule has 0 unspecified atom stereocenters. The van der Waals surface area contributed by atoms with E-state index in [-0.39, 0.29) is 18.0 Å². The summed E-state index contributed by atoms with van der Waals surface area (Å²) >= 11 is 0. The van der Waals surface area contributed by atoms with Crippen molar-refractivity contribution in [1.82, 2.24) is 10.2 Å². The third-order valence-corrected chi connectivity index (χ3v) is 6.67. The lowest BCUT2D eigenvalue weighted by Crippen LogP contribution is -2.38. The highest BCUT2D eigenvalue weighted by molar-refractivity contribution is 5.98. The van der Waals surface area contributed by atoms with Gasteiger partial charge >= 0.3 is 6.03 Å². The Kier molecular flexibility index (Phi) is 7.47. The molecule has 1 fully saturated rings. The number of hydrogen-bond donors (Lipinski definition) is 2. The van der Waals surface area contributed by atoms with Crippen molar-refractivity contribution in [3.05, 3.63) is 101 Å². The SMILES string of the molecule is Cc1ccc(NC(=O)N[C@H](C)c2ccccc2)cc1C(=O)N1CCC(c2ccc(C#N)cc2)CC1. The lowest BCUT2D eigenvalue weighted by molar-refractivity contribution is 0.0712. The van der Waals surface area contributed by atoms with Crippen LogP contribution in [0.2, 0.25) is 0 Å². The molecule has 3 aromatic carbocycles. The van der Waals surface area contributed by atoms with Gasteiger partial charge in [0.1, 0.15) is 0 Å². The van der Waals surface area contributed by atoms with E-state index in [0.717, 1.165) is 24.0 Å². The molecule has 0 aromatic heterocycles. The molecule has 0 saturated carbocycles. The minimum atomic E-state index is -0.313. The van der Waals surface area contributed by atoms with Crippen molar-refractivity contribution >= 4 is 17.6 Å². The van der Waals surface area contributed by atoms with Crippen LogP contribution in [0.3, 0.4) is 0 Å². The molecule has 6 heteroatoms. The molecule has 35 heavy (non-hydrogen) atoms. The van der Waals surface area contributed by atoms with Crippen molar-refractivity contribution < 1.29 is 9.59 Å². The predicted molar refractivity (Wildman–Crippen MR) is 137 cm³/mol. The van der Waals surface area contributed by atoms with Crippen molar-refractivity contribution in [2.45, 2.75) is 38.6 Å². The van der Waals surface area contributed by atoms with Crippen molar-refractivity contribution in [2.24, 2.45) is 0 Å². The van der Waals surface area contributed by atoms with Crippen LogP contribution in [0.15, 0.2) is 72.8 Å². The summed E-state index contributed by atoms with van der Waals surface area (Å²) in [4.78, 5) is 27.7. The molecule has 1 saturated heterocycles. The van der Waals surface area contributed by atoms with Gasteiger partial charge in [-0.15, -0.1) is 0 Å². The third-order valence-electron chi connectivity index (χ3n) is 6.67. The van der Waals surface area contributed by atoms with E-state index < -0.39 is 0 Å². The average Bonchev–Trinajstić information content (AvgIpc) is 2.90. The first-order chi connectivity index (χ1) is 16.9. The van der Waals surface area contributed by atoms with Gasteiger partial charge in [-0.1, -0.05) is 48.5 Å². The second-order valence-corrected chi connectivity index (χ2v) is 9.06. The molecule has 4 rings (SSSR count). The quantitative estimate of drug-likeness (QED) is 0.501. The number of urea groups is 1. The molecule has 0 radical (unpaired) electrons. The maximum absolute atomic E-state index is 13.3. The Morgan fingerprint density at radius 1 is 1.00 bits per heavy atom. The van der Waals surface area contributed by atoms with Gasteiger partial charge in [-0.25, -0.2) is 4.79 Å². The number of carbonyl (C=O) groups is 2. The van der Waals surface area contributed by atoms with Gasteiger partial charge in [0.2, 0.25) is 0 Å². The molecule has 0 aliphatic carbocycles. The van der Waals surface area contributed by atoms with E-state index in [4.69, 9.17) is 5.26 Å². The highest BCUT2D eigenvalue weighted by Gasteiger charge is 2.25. The number of nitriles is 1. The number of benzene rings is 3. The molecule has 0 spiro atoms. The minimum Gasteiger partial charge on any atom is -0.339 e. The summed E-state index contributed by atoms with van der Waals surface area (Å²) in [6.45, 7) is 5.20. The second-order valence-electron chi connectivity index (χ2n) is 9.06. The molecular formula is C29H30N4O2. The first-order valence-electron chi connectivity index (χ1n) is 12.0. The Bertz CT molecular complexity index is 1220. The largest absolute Gasteiger partial charge is 0.339 e. The molecule has 3 amide bonds. The van der Waals surface area contributed by atoms with Gasteiger partial charge < -0.3 is 15.5 Å². The Hall–Kier alpha value is -4.11. The normalized spacial score (nSPS) is 14.6. The Morgan fingerprint density at radius 2 is 1.69 bits per heavy atom. The number of piperidine rings is 1. The fourth-order valence-corrected chi connectivity index (χ4v) is 4.54. The number of hydrogen-bond acceptors (Lipinski definition) is 3. The summed E-state index contributed by atoms with van der Waals surface area (Å²) < 4.78 is 0. The van der Waals surface area contributed by atoms with Crippen molar-refractivity contribution in [2.75, 3.05) is 18.4 Å². The predicted octanol–water partition coefficient (Wildman–Crippen LogP) is 5.77. The number of likely N-dealkylation sites (tertiary alicyclic amines) is 1. The fraction of sp³-hybridized carbons (Fsp3) is 0.276. The summed E-state index contributed by atoms with van der Waals surface area (Å²) in [5.41, 5.74) is 4.97. The summed E-state index contributed by atoms with van der Waals surface area (Å²) in [6, 6.07) is 24.6. The van der Waals surface area contributed by atoms with Crippen LogP contribution in [0.1, 0.15) is 64.3 Å². The van der Waals surface area contributed by atoms with E-state index in [1.54, 1.807) is 6.07 Å². The van der Waals surface area contributed by atoms with Gasteiger partial charge in [0.05, 0.1) is 17.7 Å². The topological polar surface area (TPSA) is 85.2 Å². The van der Waals surface area contributed by atoms with Crippen LogP contribution in [0, 0.1) is 18.3 Å². The summed E-state index contributed by atoms with van der Waals surface area (Å²) in [5, 5.41) is 14.8. The molecule has 3 aromatic rings. The summed E-state index contributed by atoms with van der Waals surface area (Å²) in [7, 11) is 0. The zero-order valence-corrected chi connectivity index (χ0v) is 20.1. The number of nitrogens with zero attached hydrogens (tertiary/aromatic N) is 2. The second kappa shape index (κ2) is 10.9. The molecule has 1 heterocycles. The average molecular weight is 467 g/mol. The van der Waals surface area contributed by atoms with E-state index in [1.165, 1.54) is 5.56 Å². The molecule has 0 bridgehead atoms. The first-order valence-corrected chi connectivity index (χ1v) is 12.0. The number of amides is 3. The molecule has 1 aliphatic heterocycles. The van der Waals surface area contributed by atoms with E-state index in [0.29, 0.717) is 35.8 Å². The van der Waals surface area contributed by atoms with Gasteiger partial charge in [0.15, 0.2) is 0 Å². The maximum Gasteiger partial charge on any atom is 0.319 e. The zero-order chi connectivity index (χ0) is 24.8. The van der Waals surface area contributed by atoms with Crippen LogP contribution in [0.4, 0.5) is 10.5 Å². The van der Waals surface area contributed by atoms with Crippen LogP contribution in [0.5, 0.6) is 0 Å². The maximum atomic E-state index is 13.3. The van der Waals surface area contributed by atoms with E-state index >= 15 is 0 Å². The monoisotopic (exact) mass is 466 g/mol. The standard InChI is InChI=1S/C29H30N4O2/c1-20-8-13-26(32-29(35)31-21(2)23-6-4-3-5-7-23)18-27(20)28(34)33-16-14-25(15-17-33)24-11-9-22(19-30)10-12-24/h3-13,18,21,25H,14-17H2,1-2H3,(H2,31,32,35)/t21-/m1/s1. The number of rotatable bonds is 5. The molecule has 178 valence electrons. The summed E-state index contributed by atoms with van der Waals surface area (Å²) in [5.74, 6) is 0.374. The van der Waals surface area contributed by atoms with Gasteiger partial charge in [0, 0.05) is 24.3 Å². The van der Waals surface area contributed by atoms with E-state index in [9.17, 15) is 9.59 Å². The molecule has 1 atom stereocenters. The number of anilines is 1. The molecule has 1 aliphatic rings. The lowest BCUT2D eigenvalue weighted by Gasteiger charge is -2.32. The number of aryl methyl sites for hydroxylation is 1. The van der Waals surface area contributed by atoms with Crippen molar-refractivity contribution in [3.63, 3.8) is 0 Å². The summed E-state index contributed by atoms with van der Waals surface area (Å²) in [6.07, 6.45) is 1.77. The number of nitrogens with one attached hydrogen (secondary N) is 2. The van der Waals surface area contributed by atoms with E-state index in [2.05, 4.69) is 16.7 Å². The highest BCUT2D eigenvalue weighted by atomic mass is 16.2. The number of carbonyl (C=O) groups excluding carboxylic acids is 2. The van der Waals surface area contributed by atoms with Gasteiger partial charge in [0.25, 0.3) is 5.91 Å². The van der Waals surface area contributed by atoms with Crippen LogP contribution in [0.25, 0.3) is 0 Å². The molecular weight excluding hydrogens is 436 g/mol. The van der Waals surface area contributed by atoms with Crippen LogP contribution in [-0.4, -0.2) is 29.9 Å². The third kappa shape index (κ3) is 5.88. The van der Waals surface area contributed by atoms with Crippen molar-refractivity contribution in [3.8, 4) is 6.07 Å². The molecule has 6 nitrogen and oxygen atoms in total. The van der Waals surface area contributed by atoms with Crippen molar-refractivity contribution in [1.29, 1.82) is 5.26 Å². The molecule has 2 N–H and O–H groups in total. The van der Waals surface area contributed by atoms with Gasteiger partial charge in [-0.05, 0) is 73.6 Å². The van der Waals surface area contributed by atoms with E-state index in [1.807, 2.05) is 85.5 Å². The fourth-order valence-electron chi connectivity index (χ4n) is 4.54. The Balaban J connectivity index is 1.37. The van der Waals surface area contributed by atoms with Crippen LogP contribution < -0.4 is 10.6 Å². The zero-order valence-electron chi connectivity index (χ0n) is 20.1. The Morgan fingerprint density at radius 3 is 2.34 bits per heavy atom. The Labute approximate surface area is 206 Å². The van der Waals surface area contributed by atoms with Gasteiger partial charge in [-0.3, -0.25) is 4.79 Å². The lowest BCUT2D eigenvalue weighted by atomic mass is 9.88. The highest BCUT2D eigenvalue weighted by Crippen LogP contribution is 2.29. The van der Waals surface area contributed by atoms with Crippen LogP contribution >= 0.6 is 0 Å². The van der Waals surface area contributed by atoms with Gasteiger partial charge in [-0.2, -0.15) is 5.26 Å². The van der Waals surface area contributed by atoms with Crippen LogP contribution in [-0.2, 0) is 0 Å². The smallest absolute Gasteiger partial charge is 0.319 e.